The van der Waals surface area contributed by atoms with E-state index in [1.54, 1.807) is 37.2 Å². The van der Waals surface area contributed by atoms with Crippen molar-refractivity contribution in [1.82, 2.24) is 20.1 Å². The lowest BCUT2D eigenvalue weighted by atomic mass is 10.1. The number of nitrogens with zero attached hydrogens (tertiary/aromatic N) is 3. The van der Waals surface area contributed by atoms with Gasteiger partial charge < -0.3 is 14.8 Å². The molecule has 9 heteroatoms. The fraction of sp³-hybridized carbons (Fsp3) is 0.240. The Kier molecular flexibility index (Phi) is 6.65. The minimum absolute atomic E-state index is 0.205. The van der Waals surface area contributed by atoms with Crippen LogP contribution in [0.4, 0.5) is 4.39 Å². The van der Waals surface area contributed by atoms with E-state index < -0.39 is 0 Å². The number of rotatable bonds is 7. The van der Waals surface area contributed by atoms with Crippen LogP contribution in [0.3, 0.4) is 0 Å². The molecule has 0 saturated heterocycles. The molecular weight excluding hydrogens is 455 g/mol. The van der Waals surface area contributed by atoms with Crippen molar-refractivity contribution in [2.75, 3.05) is 14.2 Å². The summed E-state index contributed by atoms with van der Waals surface area (Å²) >= 11 is 1.32. The second kappa shape index (κ2) is 9.64. The summed E-state index contributed by atoms with van der Waals surface area (Å²) in [6.45, 7) is 5.64. The Bertz CT molecular complexity index is 1330. The molecule has 0 aliphatic rings. The normalized spacial score (nSPS) is 11.8. The van der Waals surface area contributed by atoms with Crippen molar-refractivity contribution in [3.05, 3.63) is 76.3 Å². The molecule has 0 aliphatic heterocycles. The van der Waals surface area contributed by atoms with Crippen LogP contribution in [0.2, 0.25) is 0 Å². The van der Waals surface area contributed by atoms with Gasteiger partial charge in [0.15, 0.2) is 11.5 Å². The molecule has 1 atom stereocenters. The van der Waals surface area contributed by atoms with Gasteiger partial charge in [0.2, 0.25) is 0 Å². The molecule has 0 radical (unpaired) electrons. The second-order valence-electron chi connectivity index (χ2n) is 7.77. The molecule has 176 valence electrons. The highest BCUT2D eigenvalue weighted by Gasteiger charge is 2.21. The first-order valence-electron chi connectivity index (χ1n) is 10.6. The maximum atomic E-state index is 13.3. The molecule has 0 bridgehead atoms. The highest BCUT2D eigenvalue weighted by molar-refractivity contribution is 7.17. The second-order valence-corrected chi connectivity index (χ2v) is 8.77. The summed E-state index contributed by atoms with van der Waals surface area (Å²) in [6.07, 6.45) is 1.72. The number of hydrogen-bond acceptors (Lipinski definition) is 6. The number of aromatic nitrogens is 3. The maximum absolute atomic E-state index is 13.3. The zero-order chi connectivity index (χ0) is 24.4. The number of carbonyl (C=O) groups is 1. The van der Waals surface area contributed by atoms with Crippen molar-refractivity contribution < 1.29 is 18.7 Å². The van der Waals surface area contributed by atoms with Crippen LogP contribution in [-0.4, -0.2) is 34.9 Å². The summed E-state index contributed by atoms with van der Waals surface area (Å²) in [5.41, 5.74) is 3.99. The molecule has 0 fully saturated rings. The lowest BCUT2D eigenvalue weighted by Gasteiger charge is -2.14. The Labute approximate surface area is 201 Å². The lowest BCUT2D eigenvalue weighted by molar-refractivity contribution is 0.0943. The number of ether oxygens (including phenoxy) is 2. The summed E-state index contributed by atoms with van der Waals surface area (Å²) in [5, 5.41) is 8.19. The van der Waals surface area contributed by atoms with E-state index >= 15 is 0 Å². The summed E-state index contributed by atoms with van der Waals surface area (Å²) in [7, 11) is 3.16. The van der Waals surface area contributed by atoms with Gasteiger partial charge >= 0.3 is 0 Å². The van der Waals surface area contributed by atoms with Crippen molar-refractivity contribution in [3.8, 4) is 27.8 Å². The fourth-order valence-electron chi connectivity index (χ4n) is 3.73. The minimum atomic E-state index is -0.304. The number of amides is 1. The van der Waals surface area contributed by atoms with Gasteiger partial charge in [0.1, 0.15) is 15.7 Å². The molecule has 2 aromatic carbocycles. The molecule has 2 aromatic heterocycles. The molecule has 7 nitrogen and oxygen atoms in total. The van der Waals surface area contributed by atoms with Crippen molar-refractivity contribution in [2.45, 2.75) is 26.8 Å². The molecule has 4 rings (SSSR count). The van der Waals surface area contributed by atoms with E-state index in [-0.39, 0.29) is 17.8 Å². The van der Waals surface area contributed by atoms with Crippen molar-refractivity contribution in [1.29, 1.82) is 0 Å². The number of carbonyl (C=O) groups excluding carboxylic acids is 1. The van der Waals surface area contributed by atoms with Gasteiger partial charge in [-0.25, -0.2) is 14.1 Å². The summed E-state index contributed by atoms with van der Waals surface area (Å²) in [4.78, 5) is 18.2. The lowest BCUT2D eigenvalue weighted by Crippen LogP contribution is -2.26. The van der Waals surface area contributed by atoms with Gasteiger partial charge in [-0.1, -0.05) is 0 Å². The van der Waals surface area contributed by atoms with Crippen LogP contribution < -0.4 is 14.8 Å². The van der Waals surface area contributed by atoms with Gasteiger partial charge in [0, 0.05) is 16.8 Å². The minimum Gasteiger partial charge on any atom is -0.493 e. The first kappa shape index (κ1) is 23.4. The summed E-state index contributed by atoms with van der Waals surface area (Å²) in [6, 6.07) is 11.4. The molecule has 0 saturated carbocycles. The van der Waals surface area contributed by atoms with Gasteiger partial charge in [-0.2, -0.15) is 5.10 Å². The number of hydrogen-bond donors (Lipinski definition) is 1. The third-order valence-electron chi connectivity index (χ3n) is 5.57. The van der Waals surface area contributed by atoms with Gasteiger partial charge in [-0.3, -0.25) is 4.79 Å². The molecular formula is C25H25FN4O3S. The maximum Gasteiger partial charge on any atom is 0.263 e. The van der Waals surface area contributed by atoms with E-state index in [0.717, 1.165) is 27.5 Å². The average Bonchev–Trinajstić information content (AvgIpc) is 3.41. The average molecular weight is 481 g/mol. The highest BCUT2D eigenvalue weighted by Crippen LogP contribution is 2.35. The molecule has 0 aliphatic carbocycles. The van der Waals surface area contributed by atoms with Gasteiger partial charge in [-0.05, 0) is 63.2 Å². The van der Waals surface area contributed by atoms with Crippen LogP contribution in [0.15, 0.2) is 48.7 Å². The standard InChI is InChI=1S/C25H25FN4O3S/c1-14(20-13-27-30(16(20)3)19-9-7-18(26)8-10-19)28-24(31)23-15(2)29-25(34-23)17-6-11-21(32-4)22(12-17)33-5/h6-14H,1-5H3,(H,28,31). The van der Waals surface area contributed by atoms with Gasteiger partial charge in [0.25, 0.3) is 5.91 Å². The quantitative estimate of drug-likeness (QED) is 0.390. The van der Waals surface area contributed by atoms with Crippen LogP contribution in [0.5, 0.6) is 11.5 Å². The van der Waals surface area contributed by atoms with Crippen LogP contribution in [0.1, 0.15) is 39.6 Å². The first-order valence-corrected chi connectivity index (χ1v) is 11.4. The molecule has 34 heavy (non-hydrogen) atoms. The predicted octanol–water partition coefficient (Wildman–Crippen LogP) is 5.26. The molecule has 2 heterocycles. The van der Waals surface area contributed by atoms with E-state index in [1.165, 1.54) is 23.5 Å². The van der Waals surface area contributed by atoms with Gasteiger partial charge in [-0.15, -0.1) is 11.3 Å². The SMILES string of the molecule is COc1ccc(-c2nc(C)c(C(=O)NC(C)c3cnn(-c4ccc(F)cc4)c3C)s2)cc1OC. The first-order chi connectivity index (χ1) is 16.3. The van der Waals surface area contributed by atoms with Crippen LogP contribution in [0.25, 0.3) is 16.3 Å². The Morgan fingerprint density at radius 3 is 2.47 bits per heavy atom. The zero-order valence-corrected chi connectivity index (χ0v) is 20.4. The number of thiazole rings is 1. The molecule has 1 N–H and O–H groups in total. The summed E-state index contributed by atoms with van der Waals surface area (Å²) < 4.78 is 25.7. The summed E-state index contributed by atoms with van der Waals surface area (Å²) in [5.74, 6) is 0.717. The van der Waals surface area contributed by atoms with E-state index in [2.05, 4.69) is 15.4 Å². The monoisotopic (exact) mass is 480 g/mol. The predicted molar refractivity (Wildman–Crippen MR) is 130 cm³/mol. The number of methoxy groups -OCH3 is 2. The fourth-order valence-corrected chi connectivity index (χ4v) is 4.70. The van der Waals surface area contributed by atoms with Crippen LogP contribution in [-0.2, 0) is 0 Å². The van der Waals surface area contributed by atoms with Crippen LogP contribution >= 0.6 is 11.3 Å². The van der Waals surface area contributed by atoms with Crippen LogP contribution in [0, 0.1) is 19.7 Å². The van der Waals surface area contributed by atoms with Gasteiger partial charge in [0.05, 0.1) is 37.8 Å². The van der Waals surface area contributed by atoms with Crippen molar-refractivity contribution in [2.24, 2.45) is 0 Å². The topological polar surface area (TPSA) is 78.3 Å². The van der Waals surface area contributed by atoms with E-state index in [1.807, 2.05) is 39.0 Å². The Hall–Kier alpha value is -3.72. The van der Waals surface area contributed by atoms with E-state index in [0.29, 0.717) is 22.1 Å². The molecule has 4 aromatic rings. The highest BCUT2D eigenvalue weighted by atomic mass is 32.1. The smallest absolute Gasteiger partial charge is 0.263 e. The number of aryl methyl sites for hydroxylation is 1. The third-order valence-corrected chi connectivity index (χ3v) is 6.77. The molecule has 1 amide bonds. The number of halogens is 1. The molecule has 0 spiro atoms. The number of nitrogens with one attached hydrogen (secondary N) is 1. The van der Waals surface area contributed by atoms with Crippen molar-refractivity contribution >= 4 is 17.2 Å². The van der Waals surface area contributed by atoms with E-state index in [9.17, 15) is 9.18 Å². The zero-order valence-electron chi connectivity index (χ0n) is 19.5. The Morgan fingerprint density at radius 1 is 1.09 bits per heavy atom. The Balaban J connectivity index is 1.54. The largest absolute Gasteiger partial charge is 0.493 e. The Morgan fingerprint density at radius 2 is 1.79 bits per heavy atom. The van der Waals surface area contributed by atoms with Crippen molar-refractivity contribution in [3.63, 3.8) is 0 Å². The number of benzene rings is 2. The van der Waals surface area contributed by atoms with E-state index in [4.69, 9.17) is 9.47 Å². The molecule has 1 unspecified atom stereocenters. The third kappa shape index (κ3) is 4.51.